The Morgan fingerprint density at radius 3 is 2.82 bits per heavy atom. The van der Waals surface area contributed by atoms with Crippen LogP contribution in [0, 0.1) is 11.8 Å². The van der Waals surface area contributed by atoms with Crippen LogP contribution in [0.15, 0.2) is 47.6 Å². The molecule has 0 aromatic heterocycles. The summed E-state index contributed by atoms with van der Waals surface area (Å²) in [6.45, 7) is 0.941. The second-order valence-corrected chi connectivity index (χ2v) is 7.76. The van der Waals surface area contributed by atoms with E-state index >= 15 is 0 Å². The maximum atomic E-state index is 13.2. The van der Waals surface area contributed by atoms with Gasteiger partial charge in [0, 0.05) is 35.2 Å². The predicted molar refractivity (Wildman–Crippen MR) is 96.1 cm³/mol. The van der Waals surface area contributed by atoms with Crippen LogP contribution in [0.3, 0.4) is 0 Å². The van der Waals surface area contributed by atoms with Gasteiger partial charge in [0.2, 0.25) is 0 Å². The van der Waals surface area contributed by atoms with Crippen LogP contribution in [0.4, 0.5) is 13.2 Å². The van der Waals surface area contributed by atoms with Crippen LogP contribution in [0.2, 0.25) is 0 Å². The van der Waals surface area contributed by atoms with Crippen molar-refractivity contribution in [3.05, 3.63) is 58.7 Å². The first-order chi connectivity index (χ1) is 13.4. The third-order valence-corrected chi connectivity index (χ3v) is 6.24. The van der Waals surface area contributed by atoms with Gasteiger partial charge in [0.1, 0.15) is 0 Å². The van der Waals surface area contributed by atoms with E-state index in [9.17, 15) is 18.0 Å². The Balaban J connectivity index is 1.57. The molecule has 4 aliphatic rings. The molecule has 5 rings (SSSR count). The number of carbonyl (C=O) groups is 1. The summed E-state index contributed by atoms with van der Waals surface area (Å²) in [5, 5.41) is 0. The molecule has 3 heterocycles. The zero-order valence-electron chi connectivity index (χ0n) is 15.1. The summed E-state index contributed by atoms with van der Waals surface area (Å²) in [5.41, 5.74) is -0.147. The number of halogens is 3. The summed E-state index contributed by atoms with van der Waals surface area (Å²) in [6, 6.07) is 5.54. The Labute approximate surface area is 160 Å². The standard InChI is InChI=1S/C22H18F3NO2/c23-22(24,25)17-6-2-1-5-14(17)8-9-15-11-16-13-21(18(15)12-20(27)28-21)19-7-3-4-10-26(16)19/h1-2,5-6,11-12,16,19H,3-4,7,10,13H2/t16-,19-,21+/m1/s1. The van der Waals surface area contributed by atoms with Crippen LogP contribution in [-0.2, 0) is 15.7 Å². The fraction of sp³-hybridized carbons (Fsp3) is 0.409. The fourth-order valence-electron chi connectivity index (χ4n) is 5.14. The summed E-state index contributed by atoms with van der Waals surface area (Å²) in [6.07, 6.45) is 2.86. The van der Waals surface area contributed by atoms with Gasteiger partial charge < -0.3 is 4.74 Å². The molecule has 0 saturated carbocycles. The number of rotatable bonds is 0. The number of hydrogen-bond acceptors (Lipinski definition) is 3. The molecule has 2 bridgehead atoms. The van der Waals surface area contributed by atoms with Gasteiger partial charge in [0.05, 0.1) is 11.6 Å². The van der Waals surface area contributed by atoms with Gasteiger partial charge in [-0.05, 0) is 31.5 Å². The van der Waals surface area contributed by atoms with Crippen LogP contribution in [-0.4, -0.2) is 35.1 Å². The van der Waals surface area contributed by atoms with Gasteiger partial charge in [-0.3, -0.25) is 4.90 Å². The van der Waals surface area contributed by atoms with Crippen LogP contribution in [0.25, 0.3) is 0 Å². The van der Waals surface area contributed by atoms with Crippen molar-refractivity contribution < 1.29 is 22.7 Å². The van der Waals surface area contributed by atoms with Gasteiger partial charge >= 0.3 is 12.1 Å². The lowest BCUT2D eigenvalue weighted by atomic mass is 9.77. The average molecular weight is 385 g/mol. The van der Waals surface area contributed by atoms with E-state index in [0.717, 1.165) is 37.4 Å². The summed E-state index contributed by atoms with van der Waals surface area (Å²) >= 11 is 0. The number of piperidine rings is 1. The molecule has 3 nitrogen and oxygen atoms in total. The molecule has 28 heavy (non-hydrogen) atoms. The van der Waals surface area contributed by atoms with E-state index in [1.165, 1.54) is 18.2 Å². The van der Waals surface area contributed by atoms with Crippen molar-refractivity contribution in [2.45, 2.75) is 49.5 Å². The van der Waals surface area contributed by atoms with Gasteiger partial charge in [-0.2, -0.15) is 13.2 Å². The molecule has 0 unspecified atom stereocenters. The van der Waals surface area contributed by atoms with Crippen LogP contribution >= 0.6 is 0 Å². The van der Waals surface area contributed by atoms with Gasteiger partial charge in [-0.25, -0.2) is 4.79 Å². The van der Waals surface area contributed by atoms with Crippen molar-refractivity contribution in [3.8, 4) is 11.8 Å². The highest BCUT2D eigenvalue weighted by Gasteiger charge is 2.61. The minimum atomic E-state index is -4.46. The number of hydrogen-bond donors (Lipinski definition) is 0. The van der Waals surface area contributed by atoms with Crippen molar-refractivity contribution in [2.24, 2.45) is 0 Å². The number of alkyl halides is 3. The highest BCUT2D eigenvalue weighted by molar-refractivity contribution is 5.90. The van der Waals surface area contributed by atoms with Crippen LogP contribution in [0.1, 0.15) is 36.8 Å². The lowest BCUT2D eigenvalue weighted by Gasteiger charge is -2.38. The fourth-order valence-corrected chi connectivity index (χ4v) is 5.14. The van der Waals surface area contributed by atoms with Gasteiger partial charge in [0.25, 0.3) is 0 Å². The molecule has 1 spiro atoms. The molecule has 0 N–H and O–H groups in total. The van der Waals surface area contributed by atoms with Crippen molar-refractivity contribution >= 4 is 5.97 Å². The third-order valence-electron chi connectivity index (χ3n) is 6.24. The van der Waals surface area contributed by atoms with E-state index in [2.05, 4.69) is 16.7 Å². The van der Waals surface area contributed by atoms with E-state index in [0.29, 0.717) is 12.0 Å². The molecule has 3 aliphatic heterocycles. The molecular weight excluding hydrogens is 367 g/mol. The van der Waals surface area contributed by atoms with Gasteiger partial charge in [0.15, 0.2) is 5.60 Å². The second kappa shape index (κ2) is 5.99. The lowest BCUT2D eigenvalue weighted by Crippen LogP contribution is -2.48. The number of benzene rings is 1. The molecule has 0 amide bonds. The van der Waals surface area contributed by atoms with E-state index in [-0.39, 0.29) is 23.6 Å². The molecule has 1 aromatic rings. The molecule has 144 valence electrons. The lowest BCUT2D eigenvalue weighted by molar-refractivity contribution is -0.148. The smallest absolute Gasteiger partial charge is 0.417 e. The monoisotopic (exact) mass is 385 g/mol. The van der Waals surface area contributed by atoms with E-state index in [4.69, 9.17) is 4.74 Å². The third kappa shape index (κ3) is 2.53. The Bertz CT molecular complexity index is 981. The topological polar surface area (TPSA) is 29.5 Å². The zero-order valence-corrected chi connectivity index (χ0v) is 15.1. The molecule has 2 saturated heterocycles. The molecule has 3 atom stereocenters. The summed E-state index contributed by atoms with van der Waals surface area (Å²) < 4.78 is 45.6. The van der Waals surface area contributed by atoms with Gasteiger partial charge in [-0.1, -0.05) is 36.5 Å². The van der Waals surface area contributed by atoms with Crippen molar-refractivity contribution in [1.29, 1.82) is 0 Å². The Hall–Kier alpha value is -2.52. The summed E-state index contributed by atoms with van der Waals surface area (Å²) in [7, 11) is 0. The van der Waals surface area contributed by atoms with E-state index in [1.54, 1.807) is 6.07 Å². The molecular formula is C22H18F3NO2. The van der Waals surface area contributed by atoms with Crippen LogP contribution in [0.5, 0.6) is 0 Å². The molecule has 2 fully saturated rings. The first-order valence-corrected chi connectivity index (χ1v) is 9.50. The highest BCUT2D eigenvalue weighted by atomic mass is 19.4. The SMILES string of the molecule is O=C1C=C2C(C#Cc3ccccc3C(F)(F)F)=C[C@@H]3C[C@@]2(O1)[C@H]1CCCCN31. The number of nitrogens with zero attached hydrogens (tertiary/aromatic N) is 1. The van der Waals surface area contributed by atoms with Crippen molar-refractivity contribution in [3.63, 3.8) is 0 Å². The first kappa shape index (κ1) is 17.6. The minimum absolute atomic E-state index is 0.0635. The average Bonchev–Trinajstić information content (AvgIpc) is 3.14. The van der Waals surface area contributed by atoms with Crippen LogP contribution < -0.4 is 0 Å². The quantitative estimate of drug-likeness (QED) is 0.502. The highest BCUT2D eigenvalue weighted by Crippen LogP contribution is 2.53. The first-order valence-electron chi connectivity index (χ1n) is 9.50. The molecule has 0 radical (unpaired) electrons. The maximum Gasteiger partial charge on any atom is 0.417 e. The molecule has 6 heteroatoms. The maximum absolute atomic E-state index is 13.2. The molecule has 1 aliphatic carbocycles. The largest absolute Gasteiger partial charge is 0.449 e. The predicted octanol–water partition coefficient (Wildman–Crippen LogP) is 3.85. The number of esters is 1. The van der Waals surface area contributed by atoms with E-state index < -0.39 is 17.3 Å². The Morgan fingerprint density at radius 2 is 2.00 bits per heavy atom. The Morgan fingerprint density at radius 1 is 1.18 bits per heavy atom. The van der Waals surface area contributed by atoms with E-state index in [1.807, 2.05) is 6.08 Å². The van der Waals surface area contributed by atoms with Crippen molar-refractivity contribution in [1.82, 2.24) is 4.90 Å². The zero-order chi connectivity index (χ0) is 19.5. The number of ether oxygens (including phenoxy) is 1. The van der Waals surface area contributed by atoms with Gasteiger partial charge in [-0.15, -0.1) is 0 Å². The number of carbonyl (C=O) groups excluding carboxylic acids is 1. The summed E-state index contributed by atoms with van der Waals surface area (Å²) in [4.78, 5) is 14.5. The second-order valence-electron chi connectivity index (χ2n) is 7.76. The number of fused-ring (bicyclic) bond motifs is 3. The van der Waals surface area contributed by atoms with Crippen molar-refractivity contribution in [2.75, 3.05) is 6.54 Å². The summed E-state index contributed by atoms with van der Waals surface area (Å²) in [5.74, 6) is 5.25. The molecule has 1 aromatic carbocycles. The normalized spacial score (nSPS) is 31.2. The minimum Gasteiger partial charge on any atom is -0.449 e. The Kier molecular flexibility index (Phi) is 3.76.